The summed E-state index contributed by atoms with van der Waals surface area (Å²) < 4.78 is 46.1. The van der Waals surface area contributed by atoms with Crippen LogP contribution in [0, 0.1) is 0 Å². The van der Waals surface area contributed by atoms with Crippen molar-refractivity contribution in [2.45, 2.75) is 32.4 Å². The molecular formula is C18H17F3N2O. The van der Waals surface area contributed by atoms with Gasteiger partial charge in [-0.05, 0) is 25.8 Å². The lowest BCUT2D eigenvalue weighted by Crippen LogP contribution is -2.09. The smallest absolute Gasteiger partial charge is 0.418 e. The van der Waals surface area contributed by atoms with E-state index in [0.717, 1.165) is 6.07 Å². The predicted molar refractivity (Wildman–Crippen MR) is 86.3 cm³/mol. The standard InChI is InChI=1S/C18H17F3N2O/c1-2-24-16-10-6-9-14-17(23-16)13(18(19,20)21)11-15(22-14)12-7-4-3-5-8-12/h3-5,7-8,11H,2,6,9-10H2,1H3. The van der Waals surface area contributed by atoms with Crippen molar-refractivity contribution < 1.29 is 17.9 Å². The van der Waals surface area contributed by atoms with Gasteiger partial charge in [0.25, 0.3) is 0 Å². The van der Waals surface area contributed by atoms with Crippen LogP contribution in [0.3, 0.4) is 0 Å². The molecule has 0 unspecified atom stereocenters. The number of alkyl halides is 3. The Morgan fingerprint density at radius 3 is 2.54 bits per heavy atom. The Hall–Kier alpha value is -2.37. The fourth-order valence-electron chi connectivity index (χ4n) is 2.72. The summed E-state index contributed by atoms with van der Waals surface area (Å²) in [6.07, 6.45) is -2.88. The van der Waals surface area contributed by atoms with Crippen molar-refractivity contribution in [1.82, 2.24) is 4.98 Å². The molecule has 6 heteroatoms. The number of hydrogen-bond donors (Lipinski definition) is 0. The molecule has 0 N–H and O–H groups in total. The fourth-order valence-corrected chi connectivity index (χ4v) is 2.72. The van der Waals surface area contributed by atoms with Crippen LogP contribution in [0.2, 0.25) is 0 Å². The highest BCUT2D eigenvalue weighted by atomic mass is 19.4. The average Bonchev–Trinajstić information content (AvgIpc) is 2.76. The molecule has 1 aliphatic rings. The van der Waals surface area contributed by atoms with Crippen molar-refractivity contribution in [2.24, 2.45) is 4.99 Å². The molecule has 0 fully saturated rings. The molecule has 126 valence electrons. The van der Waals surface area contributed by atoms with Gasteiger partial charge in [-0.25, -0.2) is 4.99 Å². The highest BCUT2D eigenvalue weighted by molar-refractivity contribution is 5.81. The number of fused-ring (bicyclic) bond motifs is 1. The van der Waals surface area contributed by atoms with Gasteiger partial charge in [0.2, 0.25) is 0 Å². The third-order valence-corrected chi connectivity index (χ3v) is 3.79. The summed E-state index contributed by atoms with van der Waals surface area (Å²) in [6, 6.07) is 9.95. The van der Waals surface area contributed by atoms with Crippen molar-refractivity contribution in [3.63, 3.8) is 0 Å². The Balaban J connectivity index is 2.19. The third kappa shape index (κ3) is 3.42. The first-order chi connectivity index (χ1) is 11.5. The molecule has 1 aromatic heterocycles. The first kappa shape index (κ1) is 16.5. The number of aromatic nitrogens is 1. The second kappa shape index (κ2) is 6.63. The predicted octanol–water partition coefficient (Wildman–Crippen LogP) is 5.17. The maximum atomic E-state index is 13.6. The Bertz CT molecular complexity index is 755. The number of ether oxygens (including phenoxy) is 1. The summed E-state index contributed by atoms with van der Waals surface area (Å²) in [5.41, 5.74) is 0.479. The van der Waals surface area contributed by atoms with Crippen LogP contribution >= 0.6 is 0 Å². The lowest BCUT2D eigenvalue weighted by molar-refractivity contribution is -0.137. The first-order valence-electron chi connectivity index (χ1n) is 7.86. The van der Waals surface area contributed by atoms with Crippen LogP contribution in [-0.2, 0) is 17.3 Å². The number of halogens is 3. The van der Waals surface area contributed by atoms with Gasteiger partial charge >= 0.3 is 6.18 Å². The number of pyridine rings is 1. The number of hydrogen-bond acceptors (Lipinski definition) is 3. The minimum absolute atomic E-state index is 0.108. The molecule has 2 aromatic rings. The largest absolute Gasteiger partial charge is 0.481 e. The number of benzene rings is 1. The molecule has 0 bridgehead atoms. The van der Waals surface area contributed by atoms with Gasteiger partial charge in [0.15, 0.2) is 5.90 Å². The number of rotatable bonds is 2. The molecule has 24 heavy (non-hydrogen) atoms. The summed E-state index contributed by atoms with van der Waals surface area (Å²) >= 11 is 0. The summed E-state index contributed by atoms with van der Waals surface area (Å²) in [5.74, 6) is 0.344. The lowest BCUT2D eigenvalue weighted by Gasteiger charge is -2.15. The molecule has 0 radical (unpaired) electrons. The molecule has 3 nitrogen and oxygen atoms in total. The van der Waals surface area contributed by atoms with Crippen LogP contribution in [0.4, 0.5) is 18.9 Å². The Labute approximate surface area is 138 Å². The molecular weight excluding hydrogens is 317 g/mol. The average molecular weight is 334 g/mol. The first-order valence-corrected chi connectivity index (χ1v) is 7.86. The number of nitrogens with zero attached hydrogens (tertiary/aromatic N) is 2. The highest BCUT2D eigenvalue weighted by Gasteiger charge is 2.36. The van der Waals surface area contributed by atoms with E-state index in [4.69, 9.17) is 4.74 Å². The highest BCUT2D eigenvalue weighted by Crippen LogP contribution is 2.41. The van der Waals surface area contributed by atoms with Crippen molar-refractivity contribution in [3.8, 4) is 11.3 Å². The van der Waals surface area contributed by atoms with Gasteiger partial charge in [-0.1, -0.05) is 30.3 Å². The van der Waals surface area contributed by atoms with Gasteiger partial charge < -0.3 is 4.74 Å². The monoisotopic (exact) mass is 334 g/mol. The van der Waals surface area contributed by atoms with Gasteiger partial charge in [0.05, 0.1) is 23.6 Å². The van der Waals surface area contributed by atoms with E-state index >= 15 is 0 Å². The normalized spacial score (nSPS) is 14.6. The van der Waals surface area contributed by atoms with Crippen LogP contribution in [0.15, 0.2) is 41.4 Å². The maximum absolute atomic E-state index is 13.6. The minimum atomic E-state index is -4.50. The van der Waals surface area contributed by atoms with Crippen LogP contribution in [0.1, 0.15) is 31.0 Å². The zero-order valence-electron chi connectivity index (χ0n) is 13.2. The van der Waals surface area contributed by atoms with Crippen molar-refractivity contribution >= 4 is 11.6 Å². The quantitative estimate of drug-likeness (QED) is 0.759. The van der Waals surface area contributed by atoms with Gasteiger partial charge in [0, 0.05) is 12.0 Å². The van der Waals surface area contributed by atoms with Crippen molar-refractivity contribution in [1.29, 1.82) is 0 Å². The molecule has 0 saturated heterocycles. The molecule has 1 aliphatic heterocycles. The molecule has 0 saturated carbocycles. The molecule has 0 aliphatic carbocycles. The topological polar surface area (TPSA) is 34.5 Å². The van der Waals surface area contributed by atoms with E-state index in [2.05, 4.69) is 9.98 Å². The molecule has 2 heterocycles. The van der Waals surface area contributed by atoms with E-state index in [1.807, 2.05) is 6.07 Å². The lowest BCUT2D eigenvalue weighted by atomic mass is 10.0. The van der Waals surface area contributed by atoms with E-state index in [1.54, 1.807) is 31.2 Å². The van der Waals surface area contributed by atoms with Crippen LogP contribution < -0.4 is 0 Å². The van der Waals surface area contributed by atoms with E-state index in [9.17, 15) is 13.2 Å². The van der Waals surface area contributed by atoms with E-state index in [-0.39, 0.29) is 5.69 Å². The van der Waals surface area contributed by atoms with Gasteiger partial charge in [0.1, 0.15) is 5.69 Å². The second-order valence-corrected chi connectivity index (χ2v) is 5.51. The van der Waals surface area contributed by atoms with E-state index in [1.165, 1.54) is 0 Å². The fraction of sp³-hybridized carbons (Fsp3) is 0.333. The molecule has 0 spiro atoms. The van der Waals surface area contributed by atoms with Crippen LogP contribution in [-0.4, -0.2) is 17.5 Å². The van der Waals surface area contributed by atoms with E-state index in [0.29, 0.717) is 48.7 Å². The summed E-state index contributed by atoms with van der Waals surface area (Å²) in [4.78, 5) is 8.59. The van der Waals surface area contributed by atoms with Gasteiger partial charge in [-0.15, -0.1) is 0 Å². The Morgan fingerprint density at radius 2 is 1.88 bits per heavy atom. The minimum Gasteiger partial charge on any atom is -0.481 e. The zero-order valence-corrected chi connectivity index (χ0v) is 13.2. The SMILES string of the molecule is CCOC1=Nc2c(C(F)(F)F)cc(-c3ccccc3)nc2CCC1. The Kier molecular flexibility index (Phi) is 4.55. The van der Waals surface area contributed by atoms with E-state index < -0.39 is 11.7 Å². The van der Waals surface area contributed by atoms with Crippen molar-refractivity contribution in [2.75, 3.05) is 6.61 Å². The second-order valence-electron chi connectivity index (χ2n) is 5.51. The summed E-state index contributed by atoms with van der Waals surface area (Å²) in [6.45, 7) is 2.17. The van der Waals surface area contributed by atoms with Gasteiger partial charge in [-0.2, -0.15) is 13.2 Å². The van der Waals surface area contributed by atoms with Crippen LogP contribution in [0.5, 0.6) is 0 Å². The number of aryl methyl sites for hydroxylation is 1. The Morgan fingerprint density at radius 1 is 1.12 bits per heavy atom. The summed E-state index contributed by atoms with van der Waals surface area (Å²) in [5, 5.41) is 0. The maximum Gasteiger partial charge on any atom is 0.418 e. The van der Waals surface area contributed by atoms with Gasteiger partial charge in [-0.3, -0.25) is 4.98 Å². The molecule has 1 aromatic carbocycles. The van der Waals surface area contributed by atoms with Crippen molar-refractivity contribution in [3.05, 3.63) is 47.7 Å². The number of aliphatic imine (C=N–C) groups is 1. The molecule has 0 amide bonds. The van der Waals surface area contributed by atoms with Crippen LogP contribution in [0.25, 0.3) is 11.3 Å². The summed E-state index contributed by atoms with van der Waals surface area (Å²) in [7, 11) is 0. The third-order valence-electron chi connectivity index (χ3n) is 3.79. The zero-order chi connectivity index (χ0) is 17.2. The molecule has 3 rings (SSSR count). The molecule has 0 atom stereocenters.